The van der Waals surface area contributed by atoms with Gasteiger partial charge in [0.05, 0.1) is 0 Å². The van der Waals surface area contributed by atoms with E-state index < -0.39 is 5.97 Å². The first kappa shape index (κ1) is 16.5. The van der Waals surface area contributed by atoms with Gasteiger partial charge in [-0.25, -0.2) is 0 Å². The molecule has 1 heterocycles. The number of rotatable bonds is 7. The molecule has 22 heavy (non-hydrogen) atoms. The number of carbonyl (C=O) groups is 2. The van der Waals surface area contributed by atoms with Crippen LogP contribution < -0.4 is 4.90 Å². The summed E-state index contributed by atoms with van der Waals surface area (Å²) in [7, 11) is 0. The van der Waals surface area contributed by atoms with Gasteiger partial charge in [0.2, 0.25) is 5.91 Å². The minimum atomic E-state index is -0.998. The molecule has 0 unspecified atom stereocenters. The van der Waals surface area contributed by atoms with E-state index in [4.69, 9.17) is 9.84 Å². The summed E-state index contributed by atoms with van der Waals surface area (Å²) in [6.45, 7) is 1.33. The molecule has 0 aromatic heterocycles. The average Bonchev–Trinajstić information content (AvgIpc) is 2.54. The lowest BCUT2D eigenvalue weighted by Crippen LogP contribution is -2.35. The van der Waals surface area contributed by atoms with Crippen LogP contribution in [0.4, 0.5) is 5.69 Å². The molecule has 120 valence electrons. The minimum absolute atomic E-state index is 0.124. The number of anilines is 1. The van der Waals surface area contributed by atoms with Crippen molar-refractivity contribution in [1.29, 1.82) is 0 Å². The van der Waals surface area contributed by atoms with Crippen LogP contribution in [0.3, 0.4) is 0 Å². The van der Waals surface area contributed by atoms with E-state index >= 15 is 0 Å². The zero-order chi connectivity index (χ0) is 15.8. The van der Waals surface area contributed by atoms with Crippen LogP contribution in [0.25, 0.3) is 0 Å². The van der Waals surface area contributed by atoms with Crippen LogP contribution in [-0.4, -0.2) is 36.7 Å². The summed E-state index contributed by atoms with van der Waals surface area (Å²) in [5, 5.41) is 9.02. The van der Waals surface area contributed by atoms with Crippen LogP contribution in [0, 0.1) is 5.92 Å². The van der Waals surface area contributed by atoms with Crippen molar-refractivity contribution < 1.29 is 19.4 Å². The second-order valence-electron chi connectivity index (χ2n) is 5.66. The minimum Gasteiger partial charge on any atom is -0.480 e. The van der Waals surface area contributed by atoms with E-state index in [-0.39, 0.29) is 12.5 Å². The predicted octanol–water partition coefficient (Wildman–Crippen LogP) is 2.70. The van der Waals surface area contributed by atoms with Crippen molar-refractivity contribution in [2.45, 2.75) is 32.1 Å². The molecule has 1 amide bonds. The summed E-state index contributed by atoms with van der Waals surface area (Å²) in [4.78, 5) is 24.7. The second-order valence-corrected chi connectivity index (χ2v) is 5.66. The van der Waals surface area contributed by atoms with Gasteiger partial charge in [-0.15, -0.1) is 0 Å². The van der Waals surface area contributed by atoms with Gasteiger partial charge in [0.1, 0.15) is 6.54 Å². The molecule has 5 heteroatoms. The average molecular weight is 305 g/mol. The molecule has 1 N–H and O–H groups in total. The fourth-order valence-electron chi connectivity index (χ4n) is 2.78. The van der Waals surface area contributed by atoms with E-state index in [1.807, 2.05) is 6.07 Å². The first-order valence-corrected chi connectivity index (χ1v) is 7.82. The van der Waals surface area contributed by atoms with Gasteiger partial charge in [-0.05, 0) is 43.7 Å². The van der Waals surface area contributed by atoms with Gasteiger partial charge >= 0.3 is 5.97 Å². The lowest BCUT2D eigenvalue weighted by atomic mass is 9.94. The number of amides is 1. The largest absolute Gasteiger partial charge is 0.480 e. The van der Waals surface area contributed by atoms with Crippen LogP contribution in [0.2, 0.25) is 0 Å². The molecule has 1 saturated heterocycles. The number of carbonyl (C=O) groups excluding carboxylic acids is 1. The van der Waals surface area contributed by atoms with Gasteiger partial charge < -0.3 is 14.7 Å². The number of hydrogen-bond donors (Lipinski definition) is 1. The van der Waals surface area contributed by atoms with Crippen LogP contribution >= 0.6 is 0 Å². The smallest absolute Gasteiger partial charge is 0.323 e. The number of para-hydroxylation sites is 1. The lowest BCUT2D eigenvalue weighted by molar-refractivity contribution is -0.136. The van der Waals surface area contributed by atoms with Gasteiger partial charge in [-0.1, -0.05) is 18.2 Å². The Balaban J connectivity index is 1.87. The number of aliphatic carboxylic acids is 1. The van der Waals surface area contributed by atoms with E-state index in [0.29, 0.717) is 18.0 Å². The number of ether oxygens (including phenoxy) is 1. The molecule has 1 aromatic carbocycles. The Morgan fingerprint density at radius 3 is 2.50 bits per heavy atom. The highest BCUT2D eigenvalue weighted by Crippen LogP contribution is 2.22. The number of benzene rings is 1. The van der Waals surface area contributed by atoms with E-state index in [0.717, 1.165) is 38.9 Å². The zero-order valence-corrected chi connectivity index (χ0v) is 12.7. The van der Waals surface area contributed by atoms with Crippen LogP contribution in [0.15, 0.2) is 30.3 Å². The van der Waals surface area contributed by atoms with Gasteiger partial charge in [-0.3, -0.25) is 9.59 Å². The second kappa shape index (κ2) is 8.54. The van der Waals surface area contributed by atoms with Gasteiger partial charge in [-0.2, -0.15) is 0 Å². The summed E-state index contributed by atoms with van der Waals surface area (Å²) < 4.78 is 5.33. The van der Waals surface area contributed by atoms with Crippen molar-refractivity contribution in [2.75, 3.05) is 24.7 Å². The fourth-order valence-corrected chi connectivity index (χ4v) is 2.78. The van der Waals surface area contributed by atoms with Gasteiger partial charge in [0.15, 0.2) is 0 Å². The van der Waals surface area contributed by atoms with Crippen molar-refractivity contribution in [3.8, 4) is 0 Å². The Morgan fingerprint density at radius 1 is 1.18 bits per heavy atom. The van der Waals surface area contributed by atoms with Crippen LogP contribution in [-0.2, 0) is 14.3 Å². The molecule has 0 bridgehead atoms. The van der Waals surface area contributed by atoms with Crippen LogP contribution in [0.5, 0.6) is 0 Å². The molecular weight excluding hydrogens is 282 g/mol. The fraction of sp³-hybridized carbons (Fsp3) is 0.529. The maximum Gasteiger partial charge on any atom is 0.323 e. The Hall–Kier alpha value is -1.88. The normalized spacial score (nSPS) is 15.5. The van der Waals surface area contributed by atoms with E-state index in [9.17, 15) is 9.59 Å². The molecular formula is C17H23NO4. The van der Waals surface area contributed by atoms with Crippen molar-refractivity contribution in [1.82, 2.24) is 0 Å². The molecule has 0 saturated carbocycles. The summed E-state index contributed by atoms with van der Waals surface area (Å²) >= 11 is 0. The highest BCUT2D eigenvalue weighted by Gasteiger charge is 2.19. The third-order valence-electron chi connectivity index (χ3n) is 4.01. The first-order valence-electron chi connectivity index (χ1n) is 7.82. The third-order valence-corrected chi connectivity index (χ3v) is 4.01. The summed E-state index contributed by atoms with van der Waals surface area (Å²) in [5.74, 6) is -0.492. The van der Waals surface area contributed by atoms with Crippen LogP contribution in [0.1, 0.15) is 32.1 Å². The van der Waals surface area contributed by atoms with Crippen molar-refractivity contribution in [3.05, 3.63) is 30.3 Å². The molecule has 1 aliphatic rings. The Kier molecular flexibility index (Phi) is 6.40. The molecule has 1 aliphatic heterocycles. The lowest BCUT2D eigenvalue weighted by Gasteiger charge is -2.23. The van der Waals surface area contributed by atoms with E-state index in [2.05, 4.69) is 0 Å². The Bertz CT molecular complexity index is 483. The topological polar surface area (TPSA) is 66.8 Å². The molecule has 0 radical (unpaired) electrons. The molecule has 1 aromatic rings. The summed E-state index contributed by atoms with van der Waals surface area (Å²) in [6, 6.07) is 8.98. The van der Waals surface area contributed by atoms with E-state index in [1.165, 1.54) is 4.90 Å². The monoisotopic (exact) mass is 305 g/mol. The molecule has 1 fully saturated rings. The Morgan fingerprint density at radius 2 is 1.86 bits per heavy atom. The molecule has 0 spiro atoms. The molecule has 5 nitrogen and oxygen atoms in total. The van der Waals surface area contributed by atoms with Crippen molar-refractivity contribution in [3.63, 3.8) is 0 Å². The molecule has 0 aliphatic carbocycles. The third kappa shape index (κ3) is 5.15. The van der Waals surface area contributed by atoms with E-state index in [1.54, 1.807) is 24.3 Å². The van der Waals surface area contributed by atoms with Gasteiger partial charge in [0.25, 0.3) is 0 Å². The molecule has 0 atom stereocenters. The highest BCUT2D eigenvalue weighted by atomic mass is 16.5. The first-order chi connectivity index (χ1) is 10.7. The highest BCUT2D eigenvalue weighted by molar-refractivity contribution is 5.97. The number of hydrogen-bond acceptors (Lipinski definition) is 3. The Labute approximate surface area is 130 Å². The van der Waals surface area contributed by atoms with Gasteiger partial charge in [0, 0.05) is 25.3 Å². The summed E-state index contributed by atoms with van der Waals surface area (Å²) in [5.41, 5.74) is 0.640. The number of carboxylic acids is 1. The zero-order valence-electron chi connectivity index (χ0n) is 12.7. The molecule has 2 rings (SSSR count). The maximum atomic E-state index is 12.4. The predicted molar refractivity (Wildman–Crippen MR) is 83.8 cm³/mol. The van der Waals surface area contributed by atoms with Crippen molar-refractivity contribution in [2.24, 2.45) is 5.92 Å². The maximum absolute atomic E-state index is 12.4. The SMILES string of the molecule is O=C(O)CN(C(=O)CCCC1CCOCC1)c1ccccc1. The number of carboxylic acid groups (broad SMARTS) is 1. The summed E-state index contributed by atoms with van der Waals surface area (Å²) in [6.07, 6.45) is 4.31. The number of nitrogens with zero attached hydrogens (tertiary/aromatic N) is 1. The standard InChI is InChI=1S/C17H23NO4/c19-16(8-4-5-14-9-11-22-12-10-14)18(13-17(20)21)15-6-2-1-3-7-15/h1-3,6-7,14H,4-5,8-13H2,(H,20,21). The van der Waals surface area contributed by atoms with Crippen molar-refractivity contribution >= 4 is 17.6 Å². The quantitative estimate of drug-likeness (QED) is 0.841.